The van der Waals surface area contributed by atoms with E-state index >= 15 is 0 Å². The van der Waals surface area contributed by atoms with Gasteiger partial charge in [0.1, 0.15) is 18.2 Å². The van der Waals surface area contributed by atoms with Crippen molar-refractivity contribution in [3.8, 4) is 17.2 Å². The molecule has 7 heteroatoms. The molecule has 0 N–H and O–H groups in total. The molecule has 1 aliphatic rings. The molecule has 1 amide bonds. The molecule has 1 aromatic heterocycles. The van der Waals surface area contributed by atoms with Crippen LogP contribution in [0.5, 0.6) is 0 Å². The number of aromatic nitrogens is 1. The SMILES string of the molecule is N#Cc1ccc(-c2ccc(C(CC=O)OC(=O)N3CCCCC3)nc2)cc1F. The molecule has 3 rings (SSSR count). The number of likely N-dealkylation sites (tertiary alicyclic amines) is 1. The van der Waals surface area contributed by atoms with E-state index in [2.05, 4.69) is 4.98 Å². The lowest BCUT2D eigenvalue weighted by Crippen LogP contribution is -2.36. The molecule has 0 saturated carbocycles. The number of carbonyl (C=O) groups excluding carboxylic acids is 2. The van der Waals surface area contributed by atoms with Gasteiger partial charge in [0.05, 0.1) is 11.3 Å². The van der Waals surface area contributed by atoms with Crippen molar-refractivity contribution in [2.45, 2.75) is 31.8 Å². The van der Waals surface area contributed by atoms with Gasteiger partial charge < -0.3 is 14.4 Å². The highest BCUT2D eigenvalue weighted by molar-refractivity contribution is 5.68. The van der Waals surface area contributed by atoms with E-state index in [1.807, 2.05) is 0 Å². The second-order valence-corrected chi connectivity index (χ2v) is 6.60. The predicted molar refractivity (Wildman–Crippen MR) is 99.7 cm³/mol. The molecule has 1 fully saturated rings. The first-order valence-corrected chi connectivity index (χ1v) is 9.17. The molecule has 1 aliphatic heterocycles. The minimum atomic E-state index is -0.765. The van der Waals surface area contributed by atoms with Gasteiger partial charge in [0.15, 0.2) is 6.10 Å². The standard InChI is InChI=1S/C21H20FN3O3/c22-18-12-15(4-5-16(18)13-23)17-6-7-19(24-14-17)20(8-11-26)28-21(27)25-9-2-1-3-10-25/h4-7,11-12,14,20H,1-3,8-10H2. The number of hydrogen-bond acceptors (Lipinski definition) is 5. The summed E-state index contributed by atoms with van der Waals surface area (Å²) in [5, 5.41) is 8.82. The molecule has 28 heavy (non-hydrogen) atoms. The lowest BCUT2D eigenvalue weighted by molar-refractivity contribution is -0.109. The Morgan fingerprint density at radius 3 is 2.61 bits per heavy atom. The molecule has 0 aliphatic carbocycles. The molecule has 1 atom stereocenters. The Morgan fingerprint density at radius 1 is 1.25 bits per heavy atom. The summed E-state index contributed by atoms with van der Waals surface area (Å²) in [7, 11) is 0. The zero-order valence-corrected chi connectivity index (χ0v) is 15.3. The highest BCUT2D eigenvalue weighted by atomic mass is 19.1. The van der Waals surface area contributed by atoms with Crippen LogP contribution in [0.15, 0.2) is 36.5 Å². The number of carbonyl (C=O) groups is 2. The lowest BCUT2D eigenvalue weighted by Gasteiger charge is -2.27. The monoisotopic (exact) mass is 381 g/mol. The number of amides is 1. The van der Waals surface area contributed by atoms with Crippen LogP contribution >= 0.6 is 0 Å². The molecular weight excluding hydrogens is 361 g/mol. The summed E-state index contributed by atoms with van der Waals surface area (Å²) in [5.41, 5.74) is 1.66. The van der Waals surface area contributed by atoms with Crippen LogP contribution in [0.3, 0.4) is 0 Å². The van der Waals surface area contributed by atoms with Crippen molar-refractivity contribution < 1.29 is 18.7 Å². The molecule has 2 aromatic rings. The fourth-order valence-corrected chi connectivity index (χ4v) is 3.14. The van der Waals surface area contributed by atoms with Gasteiger partial charge >= 0.3 is 6.09 Å². The third-order valence-corrected chi connectivity index (χ3v) is 4.71. The summed E-state index contributed by atoms with van der Waals surface area (Å²) in [6, 6.07) is 9.47. The summed E-state index contributed by atoms with van der Waals surface area (Å²) < 4.78 is 19.3. The fourth-order valence-electron chi connectivity index (χ4n) is 3.14. The quantitative estimate of drug-likeness (QED) is 0.731. The highest BCUT2D eigenvalue weighted by Crippen LogP contribution is 2.25. The molecule has 1 unspecified atom stereocenters. The Balaban J connectivity index is 1.75. The molecule has 0 spiro atoms. The summed E-state index contributed by atoms with van der Waals surface area (Å²) in [6.45, 7) is 1.31. The van der Waals surface area contributed by atoms with E-state index in [0.29, 0.717) is 36.2 Å². The molecule has 6 nitrogen and oxygen atoms in total. The van der Waals surface area contributed by atoms with Gasteiger partial charge in [-0.3, -0.25) is 4.98 Å². The first kappa shape index (κ1) is 19.5. The van der Waals surface area contributed by atoms with Crippen LogP contribution in [0.25, 0.3) is 11.1 Å². The first-order valence-electron chi connectivity index (χ1n) is 9.17. The Labute approximate surface area is 162 Å². The molecular formula is C21H20FN3O3. The first-order chi connectivity index (χ1) is 13.6. The van der Waals surface area contributed by atoms with Gasteiger partial charge in [-0.2, -0.15) is 5.26 Å². The number of halogens is 1. The number of aldehydes is 1. The van der Waals surface area contributed by atoms with Gasteiger partial charge in [-0.05, 0) is 43.0 Å². The van der Waals surface area contributed by atoms with Crippen molar-refractivity contribution >= 4 is 12.4 Å². The predicted octanol–water partition coefficient (Wildman–Crippen LogP) is 4.01. The average molecular weight is 381 g/mol. The van der Waals surface area contributed by atoms with Crippen LogP contribution in [0.4, 0.5) is 9.18 Å². The summed E-state index contributed by atoms with van der Waals surface area (Å²) in [5.74, 6) is -0.599. The van der Waals surface area contributed by atoms with Gasteiger partial charge in [0.25, 0.3) is 0 Å². The van der Waals surface area contributed by atoms with E-state index in [0.717, 1.165) is 19.3 Å². The van der Waals surface area contributed by atoms with Crippen LogP contribution in [-0.4, -0.2) is 35.4 Å². The van der Waals surface area contributed by atoms with Crippen molar-refractivity contribution in [1.82, 2.24) is 9.88 Å². The van der Waals surface area contributed by atoms with Crippen LogP contribution < -0.4 is 0 Å². The second-order valence-electron chi connectivity index (χ2n) is 6.60. The van der Waals surface area contributed by atoms with Crippen molar-refractivity contribution in [2.75, 3.05) is 13.1 Å². The number of hydrogen-bond donors (Lipinski definition) is 0. The maximum atomic E-state index is 13.8. The van der Waals surface area contributed by atoms with Gasteiger partial charge in [0.2, 0.25) is 0 Å². The van der Waals surface area contributed by atoms with Gasteiger partial charge in [0, 0.05) is 31.3 Å². The highest BCUT2D eigenvalue weighted by Gasteiger charge is 2.23. The number of benzene rings is 1. The Bertz CT molecular complexity index is 887. The summed E-state index contributed by atoms with van der Waals surface area (Å²) in [6.07, 6.45) is 4.02. The van der Waals surface area contributed by atoms with Gasteiger partial charge in [-0.1, -0.05) is 12.1 Å². The maximum absolute atomic E-state index is 13.8. The van der Waals surface area contributed by atoms with Crippen LogP contribution in [0.1, 0.15) is 43.0 Å². The summed E-state index contributed by atoms with van der Waals surface area (Å²) >= 11 is 0. The normalized spacial score (nSPS) is 14.8. The van der Waals surface area contributed by atoms with Gasteiger partial charge in [-0.25, -0.2) is 9.18 Å². The van der Waals surface area contributed by atoms with E-state index in [4.69, 9.17) is 10.00 Å². The number of nitriles is 1. The second kappa shape index (κ2) is 9.09. The zero-order valence-electron chi connectivity index (χ0n) is 15.3. The third-order valence-electron chi connectivity index (χ3n) is 4.71. The number of rotatable bonds is 5. The van der Waals surface area contributed by atoms with E-state index in [1.54, 1.807) is 29.2 Å². The van der Waals surface area contributed by atoms with E-state index < -0.39 is 18.0 Å². The molecule has 1 saturated heterocycles. The van der Waals surface area contributed by atoms with Crippen molar-refractivity contribution in [1.29, 1.82) is 5.26 Å². The molecule has 144 valence electrons. The van der Waals surface area contributed by atoms with E-state index in [-0.39, 0.29) is 12.0 Å². The topological polar surface area (TPSA) is 83.3 Å². The van der Waals surface area contributed by atoms with Gasteiger partial charge in [-0.15, -0.1) is 0 Å². The number of nitrogens with zero attached hydrogens (tertiary/aromatic N) is 3. The minimum Gasteiger partial charge on any atom is -0.439 e. The van der Waals surface area contributed by atoms with Crippen molar-refractivity contribution in [3.63, 3.8) is 0 Å². The minimum absolute atomic E-state index is 0.0113. The third kappa shape index (κ3) is 4.52. The maximum Gasteiger partial charge on any atom is 0.410 e. The van der Waals surface area contributed by atoms with E-state index in [1.165, 1.54) is 18.3 Å². The molecule has 1 aromatic carbocycles. The molecule has 0 bridgehead atoms. The van der Waals surface area contributed by atoms with Crippen LogP contribution in [0, 0.1) is 17.1 Å². The van der Waals surface area contributed by atoms with Crippen molar-refractivity contribution in [3.05, 3.63) is 53.6 Å². The molecule has 0 radical (unpaired) electrons. The zero-order chi connectivity index (χ0) is 19.9. The molecule has 2 heterocycles. The van der Waals surface area contributed by atoms with Crippen LogP contribution in [-0.2, 0) is 9.53 Å². The Morgan fingerprint density at radius 2 is 2.00 bits per heavy atom. The van der Waals surface area contributed by atoms with E-state index in [9.17, 15) is 14.0 Å². The number of pyridine rings is 1. The van der Waals surface area contributed by atoms with Crippen molar-refractivity contribution in [2.24, 2.45) is 0 Å². The van der Waals surface area contributed by atoms with Crippen LogP contribution in [0.2, 0.25) is 0 Å². The Hall–Kier alpha value is -3.27. The number of ether oxygens (including phenoxy) is 1. The smallest absolute Gasteiger partial charge is 0.410 e. The number of piperidine rings is 1. The average Bonchev–Trinajstić information content (AvgIpc) is 2.74. The fraction of sp³-hybridized carbons (Fsp3) is 0.333. The Kier molecular flexibility index (Phi) is 6.33. The largest absolute Gasteiger partial charge is 0.439 e. The lowest BCUT2D eigenvalue weighted by atomic mass is 10.0. The summed E-state index contributed by atoms with van der Waals surface area (Å²) in [4.78, 5) is 29.3.